The number of hydrogen-bond acceptors (Lipinski definition) is 4. The predicted molar refractivity (Wildman–Crippen MR) is 214 cm³/mol. The standard InChI is InChI=1S/C41H56ClN3O3Si2/c1-40(2,3)49(7,8)47-24-32-29-17-13-11-15-26(29)21-35(32)44-37-31-23-28(42)19-20-34(31)43-38(37)39(46)45-36-22-27-16-12-14-18-30(27)33(36)25-48-50(9,10)41(4,5)6/h11-20,23,32-33,35-36,43-44H,21-22,24-25H2,1-10H3,(H,45,46)/t32-,33-,35+,36+/m0/s1. The Hall–Kier alpha value is -2.89. The molecule has 0 aliphatic heterocycles. The van der Waals surface area contributed by atoms with Crippen LogP contribution in [0.5, 0.6) is 0 Å². The molecule has 2 aliphatic rings. The average molecular weight is 731 g/mol. The van der Waals surface area contributed by atoms with Gasteiger partial charge in [-0.1, -0.05) is 102 Å². The number of fused-ring (bicyclic) bond motifs is 3. The number of H-pyrrole nitrogens is 1. The molecule has 4 atom stereocenters. The highest BCUT2D eigenvalue weighted by Crippen LogP contribution is 2.43. The van der Waals surface area contributed by atoms with E-state index in [0.29, 0.717) is 23.9 Å². The van der Waals surface area contributed by atoms with Gasteiger partial charge in [-0.25, -0.2) is 0 Å². The quantitative estimate of drug-likeness (QED) is 0.142. The fourth-order valence-corrected chi connectivity index (χ4v) is 9.24. The lowest BCUT2D eigenvalue weighted by Gasteiger charge is -2.38. The summed E-state index contributed by atoms with van der Waals surface area (Å²) in [5, 5.41) is 9.12. The second-order valence-electron chi connectivity index (χ2n) is 17.6. The van der Waals surface area contributed by atoms with Crippen LogP contribution in [-0.4, -0.2) is 52.8 Å². The molecule has 1 amide bonds. The summed E-state index contributed by atoms with van der Waals surface area (Å²) in [7, 11) is -3.99. The minimum Gasteiger partial charge on any atom is -0.416 e. The number of carbonyl (C=O) groups is 1. The first kappa shape index (κ1) is 36.9. The van der Waals surface area contributed by atoms with Crippen molar-refractivity contribution >= 4 is 50.7 Å². The Morgan fingerprint density at radius 2 is 1.28 bits per heavy atom. The Kier molecular flexibility index (Phi) is 10.0. The summed E-state index contributed by atoms with van der Waals surface area (Å²) >= 11 is 6.58. The van der Waals surface area contributed by atoms with E-state index in [0.717, 1.165) is 29.4 Å². The number of nitrogens with one attached hydrogen (secondary N) is 3. The maximum absolute atomic E-state index is 14.5. The molecule has 0 radical (unpaired) electrons. The summed E-state index contributed by atoms with van der Waals surface area (Å²) in [6, 6.07) is 23.0. The zero-order chi connectivity index (χ0) is 36.2. The van der Waals surface area contributed by atoms with Gasteiger partial charge in [-0.3, -0.25) is 4.79 Å². The molecule has 0 unspecified atom stereocenters. The summed E-state index contributed by atoms with van der Waals surface area (Å²) in [6.45, 7) is 24.1. The minimum absolute atomic E-state index is 0.0446. The fourth-order valence-electron chi connectivity index (χ4n) is 7.01. The molecule has 268 valence electrons. The molecule has 0 spiro atoms. The van der Waals surface area contributed by atoms with E-state index >= 15 is 0 Å². The molecular weight excluding hydrogens is 674 g/mol. The third kappa shape index (κ3) is 7.24. The third-order valence-electron chi connectivity index (χ3n) is 12.3. The number of halogens is 1. The highest BCUT2D eigenvalue weighted by Gasteiger charge is 2.42. The molecule has 1 aromatic heterocycles. The van der Waals surface area contributed by atoms with Crippen LogP contribution in [0.1, 0.15) is 86.1 Å². The zero-order valence-electron chi connectivity index (χ0n) is 31.6. The number of rotatable bonds is 10. The Labute approximate surface area is 306 Å². The molecular formula is C41H56ClN3O3Si2. The van der Waals surface area contributed by atoms with Crippen molar-refractivity contribution in [3.63, 3.8) is 0 Å². The van der Waals surface area contributed by atoms with Crippen LogP contribution in [0.4, 0.5) is 5.69 Å². The molecule has 3 N–H and O–H groups in total. The van der Waals surface area contributed by atoms with Crippen molar-refractivity contribution in [1.82, 2.24) is 10.3 Å². The smallest absolute Gasteiger partial charge is 0.270 e. The van der Waals surface area contributed by atoms with E-state index in [2.05, 4.69) is 132 Å². The Morgan fingerprint density at radius 3 is 1.82 bits per heavy atom. The van der Waals surface area contributed by atoms with Gasteiger partial charge in [0.25, 0.3) is 5.91 Å². The minimum atomic E-state index is -2.00. The summed E-state index contributed by atoms with van der Waals surface area (Å²) in [4.78, 5) is 18.0. The zero-order valence-corrected chi connectivity index (χ0v) is 34.3. The number of aromatic nitrogens is 1. The second kappa shape index (κ2) is 13.6. The summed E-state index contributed by atoms with van der Waals surface area (Å²) < 4.78 is 13.6. The normalized spacial score (nSPS) is 20.9. The van der Waals surface area contributed by atoms with E-state index in [1.165, 1.54) is 22.3 Å². The number of carbonyl (C=O) groups excluding carboxylic acids is 1. The van der Waals surface area contributed by atoms with Gasteiger partial charge in [0.2, 0.25) is 0 Å². The van der Waals surface area contributed by atoms with Gasteiger partial charge in [0, 0.05) is 53.1 Å². The summed E-state index contributed by atoms with van der Waals surface area (Å²) in [5.41, 5.74) is 7.39. The van der Waals surface area contributed by atoms with Crippen molar-refractivity contribution in [2.75, 3.05) is 18.5 Å². The number of benzene rings is 3. The molecule has 9 heteroatoms. The van der Waals surface area contributed by atoms with Crippen LogP contribution in [0.3, 0.4) is 0 Å². The first-order valence-corrected chi connectivity index (χ1v) is 24.4. The molecule has 0 fully saturated rings. The van der Waals surface area contributed by atoms with Crippen molar-refractivity contribution in [2.45, 2.75) is 115 Å². The molecule has 3 aromatic carbocycles. The fraction of sp³-hybridized carbons (Fsp3) is 0.488. The van der Waals surface area contributed by atoms with Gasteiger partial charge >= 0.3 is 0 Å². The predicted octanol–water partition coefficient (Wildman–Crippen LogP) is 10.4. The third-order valence-corrected chi connectivity index (χ3v) is 21.5. The van der Waals surface area contributed by atoms with Gasteiger partial charge in [-0.05, 0) is 89.6 Å². The molecule has 0 saturated carbocycles. The summed E-state index contributed by atoms with van der Waals surface area (Å²) in [6.07, 6.45) is 1.62. The highest BCUT2D eigenvalue weighted by molar-refractivity contribution is 6.74. The monoisotopic (exact) mass is 729 g/mol. The molecule has 0 saturated heterocycles. The highest BCUT2D eigenvalue weighted by atomic mass is 35.5. The van der Waals surface area contributed by atoms with Crippen molar-refractivity contribution in [2.24, 2.45) is 0 Å². The van der Waals surface area contributed by atoms with E-state index in [1.54, 1.807) is 0 Å². The van der Waals surface area contributed by atoms with Gasteiger partial charge in [0.1, 0.15) is 5.69 Å². The van der Waals surface area contributed by atoms with E-state index < -0.39 is 16.6 Å². The van der Waals surface area contributed by atoms with Crippen LogP contribution in [-0.2, 0) is 21.7 Å². The Balaban J connectivity index is 1.30. The molecule has 50 heavy (non-hydrogen) atoms. The maximum Gasteiger partial charge on any atom is 0.270 e. The first-order chi connectivity index (χ1) is 23.4. The average Bonchev–Trinajstić information content (AvgIpc) is 3.68. The van der Waals surface area contributed by atoms with E-state index in [9.17, 15) is 4.79 Å². The van der Waals surface area contributed by atoms with Crippen molar-refractivity contribution < 1.29 is 13.6 Å². The van der Waals surface area contributed by atoms with Crippen molar-refractivity contribution in [3.05, 3.63) is 99.7 Å². The Bertz CT molecular complexity index is 1870. The number of aromatic amines is 1. The number of hydrogen-bond donors (Lipinski definition) is 3. The van der Waals surface area contributed by atoms with Crippen LogP contribution >= 0.6 is 11.6 Å². The molecule has 4 aromatic rings. The topological polar surface area (TPSA) is 75.4 Å². The molecule has 1 heterocycles. The van der Waals surface area contributed by atoms with Crippen LogP contribution in [0.2, 0.25) is 41.3 Å². The van der Waals surface area contributed by atoms with E-state index in [-0.39, 0.29) is 39.9 Å². The van der Waals surface area contributed by atoms with Crippen LogP contribution in [0.25, 0.3) is 10.9 Å². The Morgan fingerprint density at radius 1 is 0.780 bits per heavy atom. The van der Waals surface area contributed by atoms with Gasteiger partial charge in [-0.15, -0.1) is 0 Å². The second-order valence-corrected chi connectivity index (χ2v) is 27.6. The molecule has 0 bridgehead atoms. The van der Waals surface area contributed by atoms with E-state index in [1.807, 2.05) is 18.2 Å². The molecule has 6 rings (SSSR count). The van der Waals surface area contributed by atoms with Gasteiger partial charge < -0.3 is 24.5 Å². The number of anilines is 1. The SMILES string of the molecule is CC(C)(C)[Si](C)(C)OC[C@H]1c2ccccc2C[C@H]1NC(=O)c1[nH]c2ccc(Cl)cc2c1N[C@@H]1Cc2ccccc2[C@@H]1CO[Si](C)(C)C(C)(C)C. The van der Waals surface area contributed by atoms with Gasteiger partial charge in [0.15, 0.2) is 16.6 Å². The molecule has 6 nitrogen and oxygen atoms in total. The lowest BCUT2D eigenvalue weighted by Crippen LogP contribution is -2.45. The van der Waals surface area contributed by atoms with E-state index in [4.69, 9.17) is 20.5 Å². The maximum atomic E-state index is 14.5. The van der Waals surface area contributed by atoms with Crippen molar-refractivity contribution in [1.29, 1.82) is 0 Å². The first-order valence-electron chi connectivity index (χ1n) is 18.2. The summed E-state index contributed by atoms with van der Waals surface area (Å²) in [5.74, 6) is 0.0850. The number of amides is 1. The van der Waals surface area contributed by atoms with Gasteiger partial charge in [-0.2, -0.15) is 0 Å². The lowest BCUT2D eigenvalue weighted by atomic mass is 9.98. The largest absolute Gasteiger partial charge is 0.416 e. The lowest BCUT2D eigenvalue weighted by molar-refractivity contribution is 0.0923. The van der Waals surface area contributed by atoms with Gasteiger partial charge in [0.05, 0.1) is 5.69 Å². The van der Waals surface area contributed by atoms with Crippen LogP contribution in [0, 0.1) is 0 Å². The molecule has 2 aliphatic carbocycles. The van der Waals surface area contributed by atoms with Crippen LogP contribution < -0.4 is 10.6 Å². The van der Waals surface area contributed by atoms with Crippen molar-refractivity contribution in [3.8, 4) is 0 Å². The van der Waals surface area contributed by atoms with Crippen LogP contribution in [0.15, 0.2) is 66.7 Å².